The van der Waals surface area contributed by atoms with E-state index in [-0.39, 0.29) is 11.0 Å². The van der Waals surface area contributed by atoms with Gasteiger partial charge in [-0.1, -0.05) is 13.8 Å². The zero-order valence-corrected chi connectivity index (χ0v) is 13.1. The van der Waals surface area contributed by atoms with E-state index in [2.05, 4.69) is 44.1 Å². The Morgan fingerprint density at radius 3 is 2.40 bits per heavy atom. The van der Waals surface area contributed by atoms with Gasteiger partial charge in [-0.25, -0.2) is 0 Å². The predicted octanol–water partition coefficient (Wildman–Crippen LogP) is 3.54. The Labute approximate surface area is 119 Å². The van der Waals surface area contributed by atoms with Gasteiger partial charge in [-0.2, -0.15) is 0 Å². The number of aromatic amines is 1. The Morgan fingerprint density at radius 1 is 1.10 bits per heavy atom. The molecular weight excluding hydrogens is 248 g/mol. The first-order valence-corrected chi connectivity index (χ1v) is 7.19. The number of anilines is 1. The van der Waals surface area contributed by atoms with Gasteiger partial charge in [0.05, 0.1) is 5.52 Å². The van der Waals surface area contributed by atoms with Crippen LogP contribution in [0.25, 0.3) is 10.9 Å². The minimum absolute atomic E-state index is 0.0170. The summed E-state index contributed by atoms with van der Waals surface area (Å²) in [4.78, 5) is 15.1. The highest BCUT2D eigenvalue weighted by Crippen LogP contribution is 2.44. The summed E-state index contributed by atoms with van der Waals surface area (Å²) in [5, 5.41) is 4.75. The second kappa shape index (κ2) is 3.87. The van der Waals surface area contributed by atoms with Gasteiger partial charge in [0.2, 0.25) is 0 Å². The van der Waals surface area contributed by atoms with Crippen LogP contribution in [0.4, 0.5) is 5.69 Å². The van der Waals surface area contributed by atoms with Gasteiger partial charge in [0.15, 0.2) is 0 Å². The van der Waals surface area contributed by atoms with Gasteiger partial charge in [0.1, 0.15) is 0 Å². The first-order chi connectivity index (χ1) is 9.25. The standard InChI is InChI=1S/C17H22N2O/c1-8-9(2)16(20)19-14-10(3)15-13(7-12(8)14)17(5,6)11(4)18-15/h7,11,18H,1-6H3,(H,19,20). The van der Waals surface area contributed by atoms with Crippen LogP contribution < -0.4 is 10.9 Å². The normalized spacial score (nSPS) is 20.0. The smallest absolute Gasteiger partial charge is 0.251 e. The molecule has 0 radical (unpaired) electrons. The van der Waals surface area contributed by atoms with E-state index >= 15 is 0 Å². The van der Waals surface area contributed by atoms with E-state index < -0.39 is 0 Å². The maximum absolute atomic E-state index is 12.0. The van der Waals surface area contributed by atoms with E-state index in [4.69, 9.17) is 0 Å². The van der Waals surface area contributed by atoms with Crippen LogP contribution >= 0.6 is 0 Å². The highest BCUT2D eigenvalue weighted by Gasteiger charge is 2.37. The van der Waals surface area contributed by atoms with Gasteiger partial charge in [-0.05, 0) is 50.5 Å². The first kappa shape index (κ1) is 13.2. The third-order valence-corrected chi connectivity index (χ3v) is 5.26. The van der Waals surface area contributed by atoms with Crippen molar-refractivity contribution in [2.75, 3.05) is 5.32 Å². The molecule has 1 aromatic carbocycles. The van der Waals surface area contributed by atoms with Crippen molar-refractivity contribution >= 4 is 16.6 Å². The minimum Gasteiger partial charge on any atom is -0.381 e. The molecule has 0 spiro atoms. The highest BCUT2D eigenvalue weighted by molar-refractivity contribution is 5.92. The number of fused-ring (bicyclic) bond motifs is 2. The summed E-state index contributed by atoms with van der Waals surface area (Å²) < 4.78 is 0. The van der Waals surface area contributed by atoms with Gasteiger partial charge in [-0.15, -0.1) is 0 Å². The summed E-state index contributed by atoms with van der Waals surface area (Å²) in [6.45, 7) is 12.8. The molecule has 106 valence electrons. The van der Waals surface area contributed by atoms with Crippen LogP contribution in [0, 0.1) is 20.8 Å². The van der Waals surface area contributed by atoms with Gasteiger partial charge in [-0.3, -0.25) is 4.79 Å². The Kier molecular flexibility index (Phi) is 2.56. The van der Waals surface area contributed by atoms with Crippen molar-refractivity contribution in [2.45, 2.75) is 53.0 Å². The highest BCUT2D eigenvalue weighted by atomic mass is 16.1. The fourth-order valence-electron chi connectivity index (χ4n) is 3.18. The number of rotatable bonds is 0. The molecule has 0 aliphatic carbocycles. The largest absolute Gasteiger partial charge is 0.381 e. The number of aromatic nitrogens is 1. The number of aryl methyl sites for hydroxylation is 2. The van der Waals surface area contributed by atoms with Gasteiger partial charge in [0.25, 0.3) is 5.56 Å². The van der Waals surface area contributed by atoms with Gasteiger partial charge >= 0.3 is 0 Å². The average Bonchev–Trinajstić information content (AvgIpc) is 2.61. The quantitative estimate of drug-likeness (QED) is 0.769. The number of nitrogens with one attached hydrogen (secondary N) is 2. The van der Waals surface area contributed by atoms with Gasteiger partial charge < -0.3 is 10.3 Å². The molecule has 1 atom stereocenters. The SMILES string of the molecule is Cc1c(C)c2cc3c(c(C)c2[nH]c1=O)NC(C)C3(C)C. The fourth-order valence-corrected chi connectivity index (χ4v) is 3.18. The van der Waals surface area contributed by atoms with Crippen LogP contribution in [0.1, 0.15) is 43.0 Å². The van der Waals surface area contributed by atoms with E-state index in [0.717, 1.165) is 22.2 Å². The van der Waals surface area contributed by atoms with Crippen molar-refractivity contribution in [1.82, 2.24) is 4.98 Å². The molecule has 2 aromatic rings. The zero-order valence-electron chi connectivity index (χ0n) is 13.1. The van der Waals surface area contributed by atoms with E-state index in [1.807, 2.05) is 13.8 Å². The summed E-state index contributed by atoms with van der Waals surface area (Å²) in [5.41, 5.74) is 6.68. The van der Waals surface area contributed by atoms with Crippen LogP contribution in [0.2, 0.25) is 0 Å². The van der Waals surface area contributed by atoms with Crippen molar-refractivity contribution < 1.29 is 0 Å². The topological polar surface area (TPSA) is 44.9 Å². The molecule has 0 bridgehead atoms. The Balaban J connectivity index is 2.48. The zero-order chi connectivity index (χ0) is 14.8. The molecule has 1 aromatic heterocycles. The lowest BCUT2D eigenvalue weighted by Crippen LogP contribution is -2.29. The summed E-state index contributed by atoms with van der Waals surface area (Å²) >= 11 is 0. The summed E-state index contributed by atoms with van der Waals surface area (Å²) in [5.74, 6) is 0. The summed E-state index contributed by atoms with van der Waals surface area (Å²) in [6.07, 6.45) is 0. The molecule has 2 N–H and O–H groups in total. The number of hydrogen-bond donors (Lipinski definition) is 2. The molecule has 3 nitrogen and oxygen atoms in total. The number of benzene rings is 1. The molecule has 0 amide bonds. The Bertz CT molecular complexity index is 784. The number of hydrogen-bond acceptors (Lipinski definition) is 2. The lowest BCUT2D eigenvalue weighted by molar-refractivity contribution is 0.486. The van der Waals surface area contributed by atoms with Crippen molar-refractivity contribution in [1.29, 1.82) is 0 Å². The molecule has 0 saturated carbocycles. The molecule has 0 fully saturated rings. The molecule has 1 aliphatic heterocycles. The molecule has 3 heteroatoms. The lowest BCUT2D eigenvalue weighted by Gasteiger charge is -2.24. The summed E-state index contributed by atoms with van der Waals surface area (Å²) in [6, 6.07) is 2.65. The van der Waals surface area contributed by atoms with E-state index in [9.17, 15) is 4.79 Å². The molecule has 1 unspecified atom stereocenters. The van der Waals surface area contributed by atoms with Crippen molar-refractivity contribution in [3.8, 4) is 0 Å². The Morgan fingerprint density at radius 2 is 1.75 bits per heavy atom. The molecule has 20 heavy (non-hydrogen) atoms. The summed E-state index contributed by atoms with van der Waals surface area (Å²) in [7, 11) is 0. The average molecular weight is 270 g/mol. The van der Waals surface area contributed by atoms with Gasteiger partial charge in [0, 0.05) is 28.1 Å². The second-order valence-corrected chi connectivity index (χ2v) is 6.64. The van der Waals surface area contributed by atoms with Crippen molar-refractivity contribution in [2.24, 2.45) is 0 Å². The third kappa shape index (κ3) is 1.49. The van der Waals surface area contributed by atoms with Crippen LogP contribution in [0.5, 0.6) is 0 Å². The monoisotopic (exact) mass is 270 g/mol. The maximum atomic E-state index is 12.0. The van der Waals surface area contributed by atoms with Crippen molar-refractivity contribution in [3.63, 3.8) is 0 Å². The maximum Gasteiger partial charge on any atom is 0.251 e. The van der Waals surface area contributed by atoms with Crippen LogP contribution in [0.3, 0.4) is 0 Å². The molecule has 1 aliphatic rings. The van der Waals surface area contributed by atoms with Crippen LogP contribution in [-0.2, 0) is 5.41 Å². The van der Waals surface area contributed by atoms with Crippen LogP contribution in [0.15, 0.2) is 10.9 Å². The van der Waals surface area contributed by atoms with E-state index in [0.29, 0.717) is 6.04 Å². The number of H-pyrrole nitrogens is 1. The number of pyridine rings is 1. The minimum atomic E-state index is 0.0170. The molecule has 3 rings (SSSR count). The Hall–Kier alpha value is -1.77. The first-order valence-electron chi connectivity index (χ1n) is 7.19. The van der Waals surface area contributed by atoms with E-state index in [1.54, 1.807) is 0 Å². The molecule has 0 saturated heterocycles. The lowest BCUT2D eigenvalue weighted by atomic mass is 9.80. The van der Waals surface area contributed by atoms with Crippen LogP contribution in [-0.4, -0.2) is 11.0 Å². The second-order valence-electron chi connectivity index (χ2n) is 6.64. The fraction of sp³-hybridized carbons (Fsp3) is 0.471. The van der Waals surface area contributed by atoms with Crippen molar-refractivity contribution in [3.05, 3.63) is 38.7 Å². The third-order valence-electron chi connectivity index (χ3n) is 5.26. The molecular formula is C17H22N2O. The molecule has 2 heterocycles. The predicted molar refractivity (Wildman–Crippen MR) is 84.9 cm³/mol. The van der Waals surface area contributed by atoms with E-state index in [1.165, 1.54) is 16.6 Å².